The average molecular weight is 320 g/mol. The van der Waals surface area contributed by atoms with Crippen LogP contribution in [0.3, 0.4) is 0 Å². The number of benzene rings is 1. The van der Waals surface area contributed by atoms with E-state index in [-0.39, 0.29) is 24.7 Å². The highest BCUT2D eigenvalue weighted by Gasteiger charge is 2.40. The number of rotatable bonds is 5. The molecule has 7 heteroatoms. The van der Waals surface area contributed by atoms with Crippen molar-refractivity contribution in [3.05, 3.63) is 18.2 Å². The molecule has 2 N–H and O–H groups in total. The second-order valence-electron chi connectivity index (χ2n) is 5.79. The van der Waals surface area contributed by atoms with Crippen LogP contribution in [0.25, 0.3) is 0 Å². The minimum Gasteiger partial charge on any atom is -0.481 e. The molecule has 1 aromatic rings. The third kappa shape index (κ3) is 3.61. The van der Waals surface area contributed by atoms with Crippen LogP contribution < -0.4 is 15.0 Å². The Morgan fingerprint density at radius 3 is 2.61 bits per heavy atom. The first kappa shape index (κ1) is 16.8. The summed E-state index contributed by atoms with van der Waals surface area (Å²) in [5, 5.41) is 11.2. The van der Waals surface area contributed by atoms with Gasteiger partial charge in [-0.15, -0.1) is 0 Å². The number of carbonyl (C=O) groups is 3. The minimum absolute atomic E-state index is 0.0989. The van der Waals surface area contributed by atoms with Crippen LogP contribution in [0.5, 0.6) is 5.75 Å². The SMILES string of the molecule is CCN1C(=O)C(C)(C)Oc2cc(NC(=O)CCC(=O)O)ccc21. The van der Waals surface area contributed by atoms with Gasteiger partial charge in [-0.1, -0.05) is 0 Å². The molecule has 1 heterocycles. The maximum Gasteiger partial charge on any atom is 0.303 e. The van der Waals surface area contributed by atoms with Crippen molar-refractivity contribution in [2.45, 2.75) is 39.2 Å². The normalized spacial score (nSPS) is 15.6. The van der Waals surface area contributed by atoms with Gasteiger partial charge in [0.1, 0.15) is 5.75 Å². The Morgan fingerprint density at radius 1 is 1.30 bits per heavy atom. The van der Waals surface area contributed by atoms with Crippen LogP contribution in [0.15, 0.2) is 18.2 Å². The molecule has 2 rings (SSSR count). The number of aliphatic carboxylic acids is 1. The molecule has 0 saturated heterocycles. The van der Waals surface area contributed by atoms with Gasteiger partial charge in [0.2, 0.25) is 5.91 Å². The van der Waals surface area contributed by atoms with Gasteiger partial charge < -0.3 is 20.1 Å². The molecule has 0 bridgehead atoms. The van der Waals surface area contributed by atoms with Gasteiger partial charge in [-0.05, 0) is 32.9 Å². The van der Waals surface area contributed by atoms with Crippen molar-refractivity contribution in [1.82, 2.24) is 0 Å². The number of hydrogen-bond donors (Lipinski definition) is 2. The Morgan fingerprint density at radius 2 is 2.00 bits per heavy atom. The first-order chi connectivity index (χ1) is 10.7. The third-order valence-electron chi connectivity index (χ3n) is 3.54. The summed E-state index contributed by atoms with van der Waals surface area (Å²) < 4.78 is 5.75. The van der Waals surface area contributed by atoms with Crippen LogP contribution in [-0.4, -0.2) is 35.0 Å². The number of likely N-dealkylation sites (N-methyl/N-ethyl adjacent to an activating group) is 1. The zero-order chi connectivity index (χ0) is 17.2. The summed E-state index contributed by atoms with van der Waals surface area (Å²) in [5.41, 5.74) is 0.176. The molecule has 0 unspecified atom stereocenters. The third-order valence-corrected chi connectivity index (χ3v) is 3.54. The minimum atomic E-state index is -1.02. The van der Waals surface area contributed by atoms with Crippen LogP contribution in [-0.2, 0) is 14.4 Å². The molecule has 23 heavy (non-hydrogen) atoms. The van der Waals surface area contributed by atoms with Gasteiger partial charge in [0, 0.05) is 24.7 Å². The van der Waals surface area contributed by atoms with Crippen molar-refractivity contribution in [2.75, 3.05) is 16.8 Å². The van der Waals surface area contributed by atoms with E-state index in [2.05, 4.69) is 5.32 Å². The summed E-state index contributed by atoms with van der Waals surface area (Å²) in [6, 6.07) is 5.01. The summed E-state index contributed by atoms with van der Waals surface area (Å²) in [5.74, 6) is -1.02. The molecule has 2 amide bonds. The summed E-state index contributed by atoms with van der Waals surface area (Å²) in [6.07, 6.45) is -0.323. The number of carboxylic acids is 1. The molecular formula is C16H20N2O5. The maximum atomic E-state index is 12.3. The summed E-state index contributed by atoms with van der Waals surface area (Å²) in [6.45, 7) is 5.78. The molecule has 0 radical (unpaired) electrons. The summed E-state index contributed by atoms with van der Waals surface area (Å²) in [7, 11) is 0. The molecule has 0 fully saturated rings. The van der Waals surface area contributed by atoms with Crippen molar-refractivity contribution in [3.8, 4) is 5.75 Å². The molecule has 0 saturated carbocycles. The summed E-state index contributed by atoms with van der Waals surface area (Å²) in [4.78, 5) is 36.1. The van der Waals surface area contributed by atoms with Crippen LogP contribution >= 0.6 is 0 Å². The van der Waals surface area contributed by atoms with E-state index in [0.29, 0.717) is 23.7 Å². The average Bonchev–Trinajstić information content (AvgIpc) is 2.46. The lowest BCUT2D eigenvalue weighted by Crippen LogP contribution is -2.52. The fraction of sp³-hybridized carbons (Fsp3) is 0.438. The largest absolute Gasteiger partial charge is 0.481 e. The predicted octanol–water partition coefficient (Wildman–Crippen LogP) is 2.01. The van der Waals surface area contributed by atoms with Crippen molar-refractivity contribution in [1.29, 1.82) is 0 Å². The lowest BCUT2D eigenvalue weighted by molar-refractivity contribution is -0.138. The van der Waals surface area contributed by atoms with E-state index in [1.165, 1.54) is 0 Å². The highest BCUT2D eigenvalue weighted by molar-refractivity contribution is 6.03. The lowest BCUT2D eigenvalue weighted by Gasteiger charge is -2.38. The van der Waals surface area contributed by atoms with E-state index < -0.39 is 11.6 Å². The monoisotopic (exact) mass is 320 g/mol. The maximum absolute atomic E-state index is 12.3. The smallest absolute Gasteiger partial charge is 0.303 e. The lowest BCUT2D eigenvalue weighted by atomic mass is 10.0. The fourth-order valence-electron chi connectivity index (χ4n) is 2.41. The highest BCUT2D eigenvalue weighted by atomic mass is 16.5. The van der Waals surface area contributed by atoms with E-state index >= 15 is 0 Å². The molecule has 124 valence electrons. The van der Waals surface area contributed by atoms with Crippen LogP contribution in [0, 0.1) is 0 Å². The number of nitrogens with one attached hydrogen (secondary N) is 1. The van der Waals surface area contributed by atoms with Gasteiger partial charge in [0.25, 0.3) is 5.91 Å². The molecule has 0 aliphatic carbocycles. The number of hydrogen-bond acceptors (Lipinski definition) is 4. The Bertz CT molecular complexity index is 654. The number of anilines is 2. The molecule has 0 spiro atoms. The van der Waals surface area contributed by atoms with Gasteiger partial charge >= 0.3 is 5.97 Å². The zero-order valence-corrected chi connectivity index (χ0v) is 13.4. The van der Waals surface area contributed by atoms with Gasteiger partial charge in [-0.2, -0.15) is 0 Å². The van der Waals surface area contributed by atoms with E-state index in [1.807, 2.05) is 6.92 Å². The van der Waals surface area contributed by atoms with Crippen LogP contribution in [0.4, 0.5) is 11.4 Å². The van der Waals surface area contributed by atoms with Crippen LogP contribution in [0.2, 0.25) is 0 Å². The molecule has 1 aromatic carbocycles. The number of carbonyl (C=O) groups excluding carboxylic acids is 2. The van der Waals surface area contributed by atoms with E-state index in [0.717, 1.165) is 0 Å². The Hall–Kier alpha value is -2.57. The van der Waals surface area contributed by atoms with Crippen molar-refractivity contribution in [2.24, 2.45) is 0 Å². The number of fused-ring (bicyclic) bond motifs is 1. The van der Waals surface area contributed by atoms with Crippen molar-refractivity contribution >= 4 is 29.2 Å². The van der Waals surface area contributed by atoms with E-state index in [4.69, 9.17) is 9.84 Å². The van der Waals surface area contributed by atoms with Gasteiger partial charge in [-0.3, -0.25) is 14.4 Å². The number of amides is 2. The Balaban J connectivity index is 2.21. The fourth-order valence-corrected chi connectivity index (χ4v) is 2.41. The standard InChI is InChI=1S/C16H20N2O5/c1-4-18-11-6-5-10(17-13(19)7-8-14(20)21)9-12(11)23-16(2,3)15(18)22/h5-6,9H,4,7-8H2,1-3H3,(H,17,19)(H,20,21). The number of carboxylic acid groups (broad SMARTS) is 1. The first-order valence-corrected chi connectivity index (χ1v) is 7.41. The van der Waals surface area contributed by atoms with Gasteiger partial charge in [-0.25, -0.2) is 0 Å². The molecule has 1 aliphatic heterocycles. The van der Waals surface area contributed by atoms with E-state index in [1.54, 1.807) is 36.9 Å². The molecule has 7 nitrogen and oxygen atoms in total. The quantitative estimate of drug-likeness (QED) is 0.865. The zero-order valence-electron chi connectivity index (χ0n) is 13.4. The first-order valence-electron chi connectivity index (χ1n) is 7.41. The molecule has 1 aliphatic rings. The molecule has 0 aromatic heterocycles. The predicted molar refractivity (Wildman–Crippen MR) is 84.7 cm³/mol. The van der Waals surface area contributed by atoms with Crippen molar-refractivity contribution < 1.29 is 24.2 Å². The van der Waals surface area contributed by atoms with Crippen LogP contribution in [0.1, 0.15) is 33.6 Å². The topological polar surface area (TPSA) is 95.9 Å². The number of ether oxygens (including phenoxy) is 1. The Kier molecular flexibility index (Phi) is 4.58. The Labute approximate surface area is 134 Å². The summed E-state index contributed by atoms with van der Waals surface area (Å²) >= 11 is 0. The second kappa shape index (κ2) is 6.28. The van der Waals surface area contributed by atoms with Gasteiger partial charge in [0.15, 0.2) is 5.60 Å². The molecular weight excluding hydrogens is 300 g/mol. The second-order valence-corrected chi connectivity index (χ2v) is 5.79. The van der Waals surface area contributed by atoms with Crippen molar-refractivity contribution in [3.63, 3.8) is 0 Å². The molecule has 0 atom stereocenters. The highest BCUT2D eigenvalue weighted by Crippen LogP contribution is 2.39. The van der Waals surface area contributed by atoms with E-state index in [9.17, 15) is 14.4 Å². The van der Waals surface area contributed by atoms with Gasteiger partial charge in [0.05, 0.1) is 12.1 Å². The number of nitrogens with zero attached hydrogens (tertiary/aromatic N) is 1.